The second-order valence-corrected chi connectivity index (χ2v) is 25.0. The van der Waals surface area contributed by atoms with E-state index in [1.807, 2.05) is 55.4 Å². The van der Waals surface area contributed by atoms with Gasteiger partial charge in [0.15, 0.2) is 0 Å². The smallest absolute Gasteiger partial charge is 0.314 e. The van der Waals surface area contributed by atoms with Crippen molar-refractivity contribution in [1.82, 2.24) is 20.3 Å². The SMILES string of the molecule is CC(C)C1CC(C(=O)Oc2cc(OC(=O)C3CC(C(C)C)N([O])C(C)(C)C3)c3cc(OC(=O)C4CC(C(C)C)N([O])C(C)(C)C4)cc(OC(=O)C4CC(C(C)C)N([O])C(C)(C)C4)c3c2)CC(C)(C)N1[O]. The number of piperidine rings is 4. The molecule has 2 aromatic carbocycles. The Bertz CT molecular complexity index is 2100. The van der Waals surface area contributed by atoms with Gasteiger partial charge >= 0.3 is 23.9 Å². The van der Waals surface area contributed by atoms with E-state index in [0.717, 1.165) is 20.3 Å². The van der Waals surface area contributed by atoms with Crippen molar-refractivity contribution in [2.45, 2.75) is 208 Å². The molecule has 4 fully saturated rings. The van der Waals surface area contributed by atoms with Crippen LogP contribution in [0.1, 0.15) is 162 Å². The lowest BCUT2D eigenvalue weighted by Crippen LogP contribution is -2.56. The number of rotatable bonds is 12. The van der Waals surface area contributed by atoms with E-state index in [1.54, 1.807) is 55.4 Å². The first-order chi connectivity index (χ1) is 32.2. The molecule has 0 saturated carbocycles. The molecule has 0 spiro atoms. The summed E-state index contributed by atoms with van der Waals surface area (Å²) in [4.78, 5) is 57.6. The molecule has 388 valence electrons. The molecule has 70 heavy (non-hydrogen) atoms. The quantitative estimate of drug-likeness (QED) is 0.144. The Balaban J connectivity index is 1.48. The summed E-state index contributed by atoms with van der Waals surface area (Å²) in [6.07, 6.45) is 1.87. The zero-order valence-corrected chi connectivity index (χ0v) is 44.6. The topological polar surface area (TPSA) is 198 Å². The van der Waals surface area contributed by atoms with Crippen LogP contribution in [-0.4, -0.2) is 90.5 Å². The largest absolute Gasteiger partial charge is 0.426 e. The summed E-state index contributed by atoms with van der Waals surface area (Å²) in [6, 6.07) is 4.04. The summed E-state index contributed by atoms with van der Waals surface area (Å²) >= 11 is 0. The lowest BCUT2D eigenvalue weighted by atomic mass is 9.77. The molecule has 16 nitrogen and oxygen atoms in total. The predicted molar refractivity (Wildman–Crippen MR) is 258 cm³/mol. The summed E-state index contributed by atoms with van der Waals surface area (Å²) in [6.45, 7) is 29.9. The minimum atomic E-state index is -0.892. The number of hydrogen-bond acceptors (Lipinski definition) is 12. The number of carbonyl (C=O) groups is 4. The van der Waals surface area contributed by atoms with Gasteiger partial charge in [-0.15, -0.1) is 41.1 Å². The molecular formula is C54H80N4O12. The predicted octanol–water partition coefficient (Wildman–Crippen LogP) is 9.90. The van der Waals surface area contributed by atoms with Crippen LogP contribution in [0.5, 0.6) is 23.0 Å². The number of hydrogen-bond donors (Lipinski definition) is 0. The van der Waals surface area contributed by atoms with Gasteiger partial charge in [-0.1, -0.05) is 55.4 Å². The van der Waals surface area contributed by atoms with Crippen molar-refractivity contribution >= 4 is 34.6 Å². The lowest BCUT2D eigenvalue weighted by molar-refractivity contribution is -0.273. The number of esters is 4. The molecule has 4 radical (unpaired) electrons. The summed E-state index contributed by atoms with van der Waals surface area (Å²) < 4.78 is 25.0. The molecule has 8 unspecified atom stereocenters. The molecule has 0 bridgehead atoms. The molecule has 6 rings (SSSR count). The Morgan fingerprint density at radius 3 is 0.829 bits per heavy atom. The maximum Gasteiger partial charge on any atom is 0.314 e. The van der Waals surface area contributed by atoms with Gasteiger partial charge in [0.2, 0.25) is 0 Å². The fourth-order valence-corrected chi connectivity index (χ4v) is 11.8. The van der Waals surface area contributed by atoms with Gasteiger partial charge in [0, 0.05) is 69.2 Å². The number of hydroxylamine groups is 8. The Kier molecular flexibility index (Phi) is 16.4. The summed E-state index contributed by atoms with van der Waals surface area (Å²) in [7, 11) is 0. The van der Waals surface area contributed by atoms with E-state index >= 15 is 0 Å². The highest BCUT2D eigenvalue weighted by Crippen LogP contribution is 2.46. The van der Waals surface area contributed by atoms with Gasteiger partial charge in [0.05, 0.1) is 23.7 Å². The number of benzene rings is 2. The van der Waals surface area contributed by atoms with Crippen molar-refractivity contribution in [3.8, 4) is 23.0 Å². The molecule has 0 amide bonds. The van der Waals surface area contributed by atoms with Crippen molar-refractivity contribution in [1.29, 1.82) is 0 Å². The van der Waals surface area contributed by atoms with Crippen LogP contribution in [0, 0.1) is 47.3 Å². The standard InChI is InChI=1S/C54H80N4O12/c1-29(2)41-17-33(25-51(9,10)55(41)63)47(59)67-37-21-39-40(45(23-37)69-49(61)35-19-43(31(5)6)57(65)53(13,14)27-35)22-38(68-48(60)34-18-42(30(3)4)56(64)52(11,12)26-34)24-46(39)70-50(62)36-20-44(32(7)8)58(66)54(15,16)28-36/h21-24,29-36,41-44H,17-20,25-28H2,1-16H3. The fourth-order valence-electron chi connectivity index (χ4n) is 11.8. The van der Waals surface area contributed by atoms with Gasteiger partial charge in [0.25, 0.3) is 0 Å². The van der Waals surface area contributed by atoms with Crippen LogP contribution in [0.15, 0.2) is 24.3 Å². The Hall–Kier alpha value is -3.74. The number of carbonyl (C=O) groups excluding carboxylic acids is 4. The van der Waals surface area contributed by atoms with Gasteiger partial charge < -0.3 is 18.9 Å². The third-order valence-electron chi connectivity index (χ3n) is 15.9. The van der Waals surface area contributed by atoms with Crippen LogP contribution in [0.25, 0.3) is 10.8 Å². The highest BCUT2D eigenvalue weighted by molar-refractivity contribution is 5.99. The van der Waals surface area contributed by atoms with E-state index in [2.05, 4.69) is 0 Å². The van der Waals surface area contributed by atoms with Crippen molar-refractivity contribution in [2.75, 3.05) is 0 Å². The highest BCUT2D eigenvalue weighted by Gasteiger charge is 2.49. The Morgan fingerprint density at radius 2 is 0.614 bits per heavy atom. The van der Waals surface area contributed by atoms with Gasteiger partial charge in [0.1, 0.15) is 23.0 Å². The van der Waals surface area contributed by atoms with Crippen molar-refractivity contribution in [2.24, 2.45) is 47.3 Å². The Labute approximate surface area is 415 Å². The molecular weight excluding hydrogens is 897 g/mol. The van der Waals surface area contributed by atoms with Gasteiger partial charge in [-0.2, -0.15) is 0 Å². The minimum absolute atomic E-state index is 0.0208. The van der Waals surface area contributed by atoms with Crippen LogP contribution in [0.4, 0.5) is 0 Å². The molecule has 0 aromatic heterocycles. The van der Waals surface area contributed by atoms with Gasteiger partial charge in [-0.3, -0.25) is 19.2 Å². The third kappa shape index (κ3) is 11.7. The van der Waals surface area contributed by atoms with E-state index in [-0.39, 0.29) is 109 Å². The van der Waals surface area contributed by atoms with Crippen molar-refractivity contribution < 1.29 is 59.0 Å². The molecule has 4 aliphatic heterocycles. The molecule has 8 atom stereocenters. The summed E-state index contributed by atoms with van der Waals surface area (Å²) in [5.41, 5.74) is -3.51. The van der Waals surface area contributed by atoms with Crippen LogP contribution in [0.2, 0.25) is 0 Å². The van der Waals surface area contributed by atoms with Crippen LogP contribution in [-0.2, 0) is 40.0 Å². The van der Waals surface area contributed by atoms with E-state index in [0.29, 0.717) is 0 Å². The lowest BCUT2D eigenvalue weighted by Gasteiger charge is -2.46. The van der Waals surface area contributed by atoms with E-state index in [4.69, 9.17) is 18.9 Å². The summed E-state index contributed by atoms with van der Waals surface area (Å²) in [5, 5.41) is 58.3. The zero-order chi connectivity index (χ0) is 52.3. The molecule has 0 aliphatic carbocycles. The number of nitrogens with zero attached hydrogens (tertiary/aromatic N) is 4. The summed E-state index contributed by atoms with van der Waals surface area (Å²) in [5.74, 6) is -5.54. The number of fused-ring (bicyclic) bond motifs is 1. The van der Waals surface area contributed by atoms with Crippen molar-refractivity contribution in [3.05, 3.63) is 24.3 Å². The van der Waals surface area contributed by atoms with E-state index in [9.17, 15) is 40.0 Å². The highest BCUT2D eigenvalue weighted by atomic mass is 16.6. The third-order valence-corrected chi connectivity index (χ3v) is 15.9. The van der Waals surface area contributed by atoms with Crippen LogP contribution >= 0.6 is 0 Å². The van der Waals surface area contributed by atoms with Crippen LogP contribution in [0.3, 0.4) is 0 Å². The van der Waals surface area contributed by atoms with E-state index < -0.39 is 93.9 Å². The maximum absolute atomic E-state index is 14.5. The van der Waals surface area contributed by atoms with Gasteiger partial charge in [-0.25, -0.2) is 0 Å². The second-order valence-electron chi connectivity index (χ2n) is 25.0. The first kappa shape index (κ1) is 55.6. The van der Waals surface area contributed by atoms with Crippen molar-refractivity contribution in [3.63, 3.8) is 0 Å². The maximum atomic E-state index is 14.5. The molecule has 2 aromatic rings. The molecule has 4 heterocycles. The molecule has 4 saturated heterocycles. The first-order valence-electron chi connectivity index (χ1n) is 25.6. The fraction of sp³-hybridized carbons (Fsp3) is 0.741. The molecule has 4 aliphatic rings. The second kappa shape index (κ2) is 20.6. The Morgan fingerprint density at radius 1 is 0.400 bits per heavy atom. The van der Waals surface area contributed by atoms with Crippen LogP contribution < -0.4 is 18.9 Å². The van der Waals surface area contributed by atoms with Gasteiger partial charge in [-0.05, 0) is 143 Å². The van der Waals surface area contributed by atoms with E-state index in [1.165, 1.54) is 24.3 Å². The zero-order valence-electron chi connectivity index (χ0n) is 44.6. The normalized spacial score (nSPS) is 29.7. The average molecular weight is 977 g/mol. The monoisotopic (exact) mass is 977 g/mol. The average Bonchev–Trinajstić information content (AvgIpc) is 3.23. The first-order valence-corrected chi connectivity index (χ1v) is 25.6. The molecule has 0 N–H and O–H groups in total. The number of ether oxygens (including phenoxy) is 4. The molecule has 16 heteroatoms. The minimum Gasteiger partial charge on any atom is -0.426 e.